The van der Waals surface area contributed by atoms with Gasteiger partial charge in [-0.25, -0.2) is 4.79 Å². The molecule has 0 aliphatic heterocycles. The predicted octanol–water partition coefficient (Wildman–Crippen LogP) is 5.30. The van der Waals surface area contributed by atoms with Gasteiger partial charge < -0.3 is 4.74 Å². The van der Waals surface area contributed by atoms with Crippen LogP contribution in [0.1, 0.15) is 42.1 Å². The molecule has 0 saturated heterocycles. The number of halogens is 1. The Morgan fingerprint density at radius 1 is 1.09 bits per heavy atom. The number of carbonyl (C=O) groups is 1. The van der Waals surface area contributed by atoms with Crippen LogP contribution < -0.4 is 0 Å². The Labute approximate surface area is 137 Å². The van der Waals surface area contributed by atoms with Gasteiger partial charge in [0.05, 0.1) is 5.56 Å². The molecule has 1 atom stereocenters. The van der Waals surface area contributed by atoms with E-state index in [9.17, 15) is 4.79 Å². The Balaban J connectivity index is 1.81. The molecule has 116 valence electrons. The van der Waals surface area contributed by atoms with Crippen LogP contribution in [0.25, 0.3) is 0 Å². The van der Waals surface area contributed by atoms with E-state index in [2.05, 4.69) is 12.1 Å². The molecule has 3 heteroatoms. The normalized spacial score (nSPS) is 11.9. The van der Waals surface area contributed by atoms with E-state index in [4.69, 9.17) is 16.3 Å². The largest absolute Gasteiger partial charge is 0.459 e. The molecule has 2 nitrogen and oxygen atoms in total. The molecular weight excluding hydrogens is 296 g/mol. The first-order valence-electron chi connectivity index (χ1n) is 7.69. The lowest BCUT2D eigenvalue weighted by molar-refractivity contribution is 0.0269. The first kappa shape index (κ1) is 16.6. The van der Waals surface area contributed by atoms with Gasteiger partial charge in [0.2, 0.25) is 0 Å². The van der Waals surface area contributed by atoms with Crippen molar-refractivity contribution < 1.29 is 9.53 Å². The van der Waals surface area contributed by atoms with Crippen molar-refractivity contribution >= 4 is 17.6 Å². The van der Waals surface area contributed by atoms with Gasteiger partial charge in [-0.15, -0.1) is 0 Å². The monoisotopic (exact) mass is 316 g/mol. The van der Waals surface area contributed by atoms with Crippen LogP contribution in [-0.4, -0.2) is 12.1 Å². The highest BCUT2D eigenvalue weighted by molar-refractivity contribution is 6.30. The fourth-order valence-electron chi connectivity index (χ4n) is 2.33. The van der Waals surface area contributed by atoms with Gasteiger partial charge in [0.15, 0.2) is 0 Å². The van der Waals surface area contributed by atoms with Gasteiger partial charge in [0.1, 0.15) is 6.10 Å². The molecule has 0 aliphatic rings. The van der Waals surface area contributed by atoms with Crippen molar-refractivity contribution in [2.45, 2.75) is 38.7 Å². The van der Waals surface area contributed by atoms with Crippen molar-refractivity contribution in [3.05, 3.63) is 70.7 Å². The molecule has 1 unspecified atom stereocenters. The van der Waals surface area contributed by atoms with Crippen LogP contribution in [0.4, 0.5) is 0 Å². The molecule has 0 N–H and O–H groups in total. The first-order valence-corrected chi connectivity index (χ1v) is 8.07. The Morgan fingerprint density at radius 2 is 1.77 bits per heavy atom. The maximum Gasteiger partial charge on any atom is 0.338 e. The summed E-state index contributed by atoms with van der Waals surface area (Å²) in [6, 6.07) is 17.2. The van der Waals surface area contributed by atoms with E-state index >= 15 is 0 Å². The number of benzene rings is 2. The molecule has 0 bridgehead atoms. The molecule has 0 heterocycles. The van der Waals surface area contributed by atoms with Gasteiger partial charge in [-0.3, -0.25) is 0 Å². The lowest BCUT2D eigenvalue weighted by Gasteiger charge is -2.16. The van der Waals surface area contributed by atoms with Crippen LogP contribution in [0.3, 0.4) is 0 Å². The second-order valence-corrected chi connectivity index (χ2v) is 5.76. The number of ether oxygens (including phenoxy) is 1. The molecule has 0 fully saturated rings. The topological polar surface area (TPSA) is 26.3 Å². The molecule has 0 saturated carbocycles. The molecule has 0 aliphatic carbocycles. The lowest BCUT2D eigenvalue weighted by atomic mass is 10.0. The number of carbonyl (C=O) groups excluding carboxylic acids is 1. The summed E-state index contributed by atoms with van der Waals surface area (Å²) in [6.45, 7) is 2.04. The van der Waals surface area contributed by atoms with Crippen LogP contribution in [0.15, 0.2) is 54.6 Å². The van der Waals surface area contributed by atoms with Crippen LogP contribution in [-0.2, 0) is 11.2 Å². The van der Waals surface area contributed by atoms with Crippen molar-refractivity contribution in [3.63, 3.8) is 0 Å². The van der Waals surface area contributed by atoms with E-state index in [1.54, 1.807) is 24.3 Å². The standard InChI is InChI=1S/C19H21ClO2/c1-2-18(10-6-9-15-7-4-3-5-8-15)22-19(21)16-11-13-17(20)14-12-16/h3-5,7-8,11-14,18H,2,6,9-10H2,1H3. The molecule has 2 aromatic rings. The fraction of sp³-hybridized carbons (Fsp3) is 0.316. The van der Waals surface area contributed by atoms with Gasteiger partial charge in [0, 0.05) is 5.02 Å². The summed E-state index contributed by atoms with van der Waals surface area (Å²) in [4.78, 5) is 12.1. The van der Waals surface area contributed by atoms with Crippen LogP contribution in [0.2, 0.25) is 5.02 Å². The molecule has 2 rings (SSSR count). The second-order valence-electron chi connectivity index (χ2n) is 5.32. The van der Waals surface area contributed by atoms with E-state index in [0.29, 0.717) is 10.6 Å². The summed E-state index contributed by atoms with van der Waals surface area (Å²) in [5.41, 5.74) is 1.87. The SMILES string of the molecule is CCC(CCCc1ccccc1)OC(=O)c1ccc(Cl)cc1. The average molecular weight is 317 g/mol. The van der Waals surface area contributed by atoms with E-state index < -0.39 is 0 Å². The third-order valence-corrected chi connectivity index (χ3v) is 3.90. The minimum atomic E-state index is -0.275. The second kappa shape index (κ2) is 8.60. The third-order valence-electron chi connectivity index (χ3n) is 3.64. The Morgan fingerprint density at radius 3 is 2.41 bits per heavy atom. The van der Waals surface area contributed by atoms with Gasteiger partial charge >= 0.3 is 5.97 Å². The summed E-state index contributed by atoms with van der Waals surface area (Å²) in [5.74, 6) is -0.275. The van der Waals surface area contributed by atoms with Gasteiger partial charge in [-0.05, 0) is 55.5 Å². The molecule has 2 aromatic carbocycles. The quantitative estimate of drug-likeness (QED) is 0.648. The number of hydrogen-bond donors (Lipinski definition) is 0. The predicted molar refractivity (Wildman–Crippen MR) is 90.3 cm³/mol. The highest BCUT2D eigenvalue weighted by Crippen LogP contribution is 2.15. The molecular formula is C19H21ClO2. The summed E-state index contributed by atoms with van der Waals surface area (Å²) in [7, 11) is 0. The number of aryl methyl sites for hydroxylation is 1. The first-order chi connectivity index (χ1) is 10.7. The van der Waals surface area contributed by atoms with Crippen LogP contribution in [0, 0.1) is 0 Å². The summed E-state index contributed by atoms with van der Waals surface area (Å²) < 4.78 is 5.58. The van der Waals surface area contributed by atoms with E-state index in [-0.39, 0.29) is 12.1 Å². The highest BCUT2D eigenvalue weighted by atomic mass is 35.5. The Bertz CT molecular complexity index is 578. The van der Waals surface area contributed by atoms with Crippen molar-refractivity contribution in [1.29, 1.82) is 0 Å². The summed E-state index contributed by atoms with van der Waals surface area (Å²) >= 11 is 5.82. The Hall–Kier alpha value is -1.80. The number of rotatable bonds is 7. The lowest BCUT2D eigenvalue weighted by Crippen LogP contribution is -2.17. The van der Waals surface area contributed by atoms with Crippen molar-refractivity contribution in [3.8, 4) is 0 Å². The smallest absolute Gasteiger partial charge is 0.338 e. The van der Waals surface area contributed by atoms with Gasteiger partial charge in [-0.1, -0.05) is 48.9 Å². The van der Waals surface area contributed by atoms with Crippen molar-refractivity contribution in [2.24, 2.45) is 0 Å². The summed E-state index contributed by atoms with van der Waals surface area (Å²) in [5, 5.41) is 0.617. The zero-order valence-electron chi connectivity index (χ0n) is 12.8. The van der Waals surface area contributed by atoms with Gasteiger partial charge in [0.25, 0.3) is 0 Å². The third kappa shape index (κ3) is 5.19. The minimum absolute atomic E-state index is 0.0353. The molecule has 0 amide bonds. The maximum absolute atomic E-state index is 12.1. The summed E-state index contributed by atoms with van der Waals surface area (Å²) in [6.07, 6.45) is 3.69. The minimum Gasteiger partial charge on any atom is -0.459 e. The van der Waals surface area contributed by atoms with Crippen LogP contribution in [0.5, 0.6) is 0 Å². The van der Waals surface area contributed by atoms with E-state index in [0.717, 1.165) is 25.7 Å². The number of hydrogen-bond acceptors (Lipinski definition) is 2. The molecule has 0 spiro atoms. The molecule has 22 heavy (non-hydrogen) atoms. The fourth-order valence-corrected chi connectivity index (χ4v) is 2.46. The van der Waals surface area contributed by atoms with E-state index in [1.165, 1.54) is 5.56 Å². The van der Waals surface area contributed by atoms with Crippen molar-refractivity contribution in [1.82, 2.24) is 0 Å². The average Bonchev–Trinajstić information content (AvgIpc) is 2.55. The highest BCUT2D eigenvalue weighted by Gasteiger charge is 2.14. The maximum atomic E-state index is 12.1. The van der Waals surface area contributed by atoms with Crippen molar-refractivity contribution in [2.75, 3.05) is 0 Å². The Kier molecular flexibility index (Phi) is 6.47. The molecule has 0 aromatic heterocycles. The molecule has 0 radical (unpaired) electrons. The van der Waals surface area contributed by atoms with Crippen LogP contribution >= 0.6 is 11.6 Å². The van der Waals surface area contributed by atoms with E-state index in [1.807, 2.05) is 25.1 Å². The zero-order chi connectivity index (χ0) is 15.8. The zero-order valence-corrected chi connectivity index (χ0v) is 13.6. The number of esters is 1. The van der Waals surface area contributed by atoms with Gasteiger partial charge in [-0.2, -0.15) is 0 Å².